The second-order valence-electron chi connectivity index (χ2n) is 7.83. The molecule has 2 atom stereocenters. The molecule has 1 aromatic heterocycles. The standard InChI is InChI=1S/C23H25ClN4O3/c1-14(25-22(31)20(29)15-9-11-17(24)12-10-15)21(30)26-19-13-18(27-28-19)23(2,3)16-7-5-4-6-8-16/h4-14,20,29H,1-3H3,(H,25,31)(H2,26,27,28,30). The van der Waals surface area contributed by atoms with E-state index < -0.39 is 24.0 Å². The average molecular weight is 441 g/mol. The van der Waals surface area contributed by atoms with E-state index in [2.05, 4.69) is 34.7 Å². The van der Waals surface area contributed by atoms with E-state index >= 15 is 0 Å². The second-order valence-corrected chi connectivity index (χ2v) is 8.27. The molecule has 31 heavy (non-hydrogen) atoms. The number of aliphatic hydroxyl groups is 1. The zero-order valence-corrected chi connectivity index (χ0v) is 18.3. The number of aliphatic hydroxyl groups excluding tert-OH is 1. The number of anilines is 1. The molecule has 0 aliphatic rings. The van der Waals surface area contributed by atoms with Crippen molar-refractivity contribution in [3.05, 3.63) is 82.5 Å². The van der Waals surface area contributed by atoms with Crippen molar-refractivity contribution in [2.45, 2.75) is 38.3 Å². The summed E-state index contributed by atoms with van der Waals surface area (Å²) in [6.07, 6.45) is -1.41. The summed E-state index contributed by atoms with van der Waals surface area (Å²) in [6.45, 7) is 5.65. The van der Waals surface area contributed by atoms with Crippen LogP contribution in [-0.4, -0.2) is 33.2 Å². The molecule has 0 saturated carbocycles. The highest BCUT2D eigenvalue weighted by Gasteiger charge is 2.27. The first-order chi connectivity index (χ1) is 14.7. The number of halogens is 1. The normalized spacial score (nSPS) is 13.3. The number of aromatic nitrogens is 2. The number of aromatic amines is 1. The van der Waals surface area contributed by atoms with Crippen LogP contribution < -0.4 is 10.6 Å². The van der Waals surface area contributed by atoms with Crippen molar-refractivity contribution in [3.8, 4) is 0 Å². The van der Waals surface area contributed by atoms with Crippen LogP contribution in [0.15, 0.2) is 60.7 Å². The zero-order valence-electron chi connectivity index (χ0n) is 17.5. The van der Waals surface area contributed by atoms with Crippen LogP contribution in [0.3, 0.4) is 0 Å². The Bertz CT molecular complexity index is 1050. The number of hydrogen-bond acceptors (Lipinski definition) is 4. The molecule has 0 fully saturated rings. The Balaban J connectivity index is 1.61. The Morgan fingerprint density at radius 2 is 1.71 bits per heavy atom. The summed E-state index contributed by atoms with van der Waals surface area (Å²) >= 11 is 5.82. The van der Waals surface area contributed by atoms with Gasteiger partial charge in [0.25, 0.3) is 5.91 Å². The Kier molecular flexibility index (Phi) is 6.77. The van der Waals surface area contributed by atoms with Crippen molar-refractivity contribution in [3.63, 3.8) is 0 Å². The second kappa shape index (κ2) is 9.32. The van der Waals surface area contributed by atoms with E-state index in [1.54, 1.807) is 30.3 Å². The molecule has 2 aromatic carbocycles. The molecule has 0 bridgehead atoms. The van der Waals surface area contributed by atoms with Crippen LogP contribution >= 0.6 is 11.6 Å². The van der Waals surface area contributed by atoms with Gasteiger partial charge >= 0.3 is 0 Å². The minimum atomic E-state index is -1.41. The van der Waals surface area contributed by atoms with E-state index in [4.69, 9.17) is 11.6 Å². The number of carbonyl (C=O) groups excluding carboxylic acids is 2. The number of nitrogens with zero attached hydrogens (tertiary/aromatic N) is 1. The van der Waals surface area contributed by atoms with Crippen LogP contribution in [0, 0.1) is 0 Å². The van der Waals surface area contributed by atoms with Crippen molar-refractivity contribution in [1.29, 1.82) is 0 Å². The quantitative estimate of drug-likeness (QED) is 0.450. The predicted molar refractivity (Wildman–Crippen MR) is 120 cm³/mol. The van der Waals surface area contributed by atoms with E-state index in [1.807, 2.05) is 30.3 Å². The molecule has 0 spiro atoms. The summed E-state index contributed by atoms with van der Waals surface area (Å²) in [4.78, 5) is 24.8. The maximum Gasteiger partial charge on any atom is 0.254 e. The largest absolute Gasteiger partial charge is 0.378 e. The molecular formula is C23H25ClN4O3. The highest BCUT2D eigenvalue weighted by atomic mass is 35.5. The van der Waals surface area contributed by atoms with Gasteiger partial charge in [0, 0.05) is 22.2 Å². The summed E-state index contributed by atoms with van der Waals surface area (Å²) in [5.74, 6) is -0.784. The van der Waals surface area contributed by atoms with Crippen molar-refractivity contribution in [1.82, 2.24) is 15.5 Å². The molecule has 2 amide bonds. The summed E-state index contributed by atoms with van der Waals surface area (Å²) < 4.78 is 0. The van der Waals surface area contributed by atoms with Gasteiger partial charge in [-0.25, -0.2) is 0 Å². The van der Waals surface area contributed by atoms with E-state index in [0.717, 1.165) is 11.3 Å². The van der Waals surface area contributed by atoms with Gasteiger partial charge in [-0.05, 0) is 30.2 Å². The number of rotatable bonds is 7. The van der Waals surface area contributed by atoms with Crippen LogP contribution in [0.25, 0.3) is 0 Å². The van der Waals surface area contributed by atoms with E-state index in [9.17, 15) is 14.7 Å². The van der Waals surface area contributed by atoms with E-state index in [0.29, 0.717) is 16.4 Å². The lowest BCUT2D eigenvalue weighted by molar-refractivity contribution is -0.132. The molecule has 0 saturated heterocycles. The molecule has 2 unspecified atom stereocenters. The predicted octanol–water partition coefficient (Wildman–Crippen LogP) is 3.57. The highest BCUT2D eigenvalue weighted by Crippen LogP contribution is 2.31. The molecule has 3 aromatic rings. The summed E-state index contributed by atoms with van der Waals surface area (Å²) in [5, 5.41) is 23.0. The molecule has 8 heteroatoms. The molecular weight excluding hydrogens is 416 g/mol. The van der Waals surface area contributed by atoms with Crippen LogP contribution in [0.2, 0.25) is 5.02 Å². The average Bonchev–Trinajstić information content (AvgIpc) is 3.23. The van der Waals surface area contributed by atoms with Gasteiger partial charge in [0.1, 0.15) is 6.04 Å². The van der Waals surface area contributed by atoms with Crippen LogP contribution in [0.5, 0.6) is 0 Å². The van der Waals surface area contributed by atoms with Gasteiger partial charge in [0.15, 0.2) is 11.9 Å². The molecule has 4 N–H and O–H groups in total. The van der Waals surface area contributed by atoms with Gasteiger partial charge in [-0.2, -0.15) is 5.10 Å². The molecule has 0 aliphatic heterocycles. The van der Waals surface area contributed by atoms with E-state index in [1.165, 1.54) is 6.92 Å². The van der Waals surface area contributed by atoms with E-state index in [-0.39, 0.29) is 5.41 Å². The van der Waals surface area contributed by atoms with Gasteiger partial charge in [-0.3, -0.25) is 14.7 Å². The van der Waals surface area contributed by atoms with Crippen molar-refractivity contribution in [2.75, 3.05) is 5.32 Å². The topological polar surface area (TPSA) is 107 Å². The van der Waals surface area contributed by atoms with Crippen LogP contribution in [-0.2, 0) is 15.0 Å². The minimum absolute atomic E-state index is 0.334. The number of H-pyrrole nitrogens is 1. The van der Waals surface area contributed by atoms with Gasteiger partial charge < -0.3 is 15.7 Å². The molecule has 1 heterocycles. The first-order valence-corrected chi connectivity index (χ1v) is 10.2. The maximum atomic E-state index is 12.5. The van der Waals surface area contributed by atoms with Gasteiger partial charge in [-0.15, -0.1) is 0 Å². The Morgan fingerprint density at radius 1 is 1.06 bits per heavy atom. The number of carbonyl (C=O) groups is 2. The summed E-state index contributed by atoms with van der Waals surface area (Å²) in [6, 6.07) is 17.1. The third-order valence-corrected chi connectivity index (χ3v) is 5.44. The van der Waals surface area contributed by atoms with Crippen LogP contribution in [0.1, 0.15) is 43.7 Å². The third kappa shape index (κ3) is 5.31. The summed E-state index contributed by atoms with van der Waals surface area (Å²) in [5.41, 5.74) is 1.99. The Labute approximate surface area is 185 Å². The monoisotopic (exact) mass is 440 g/mol. The molecule has 0 radical (unpaired) electrons. The lowest BCUT2D eigenvalue weighted by atomic mass is 9.82. The number of nitrogens with one attached hydrogen (secondary N) is 3. The lowest BCUT2D eigenvalue weighted by Gasteiger charge is -2.23. The first-order valence-electron chi connectivity index (χ1n) is 9.84. The SMILES string of the molecule is CC(NC(=O)C(O)c1ccc(Cl)cc1)C(=O)Nc1cc(C(C)(C)c2ccccc2)[nH]n1. The first kappa shape index (κ1) is 22.5. The van der Waals surface area contributed by atoms with Crippen molar-refractivity contribution in [2.24, 2.45) is 0 Å². The smallest absolute Gasteiger partial charge is 0.254 e. The lowest BCUT2D eigenvalue weighted by Crippen LogP contribution is -2.43. The maximum absolute atomic E-state index is 12.5. The van der Waals surface area contributed by atoms with Crippen LogP contribution in [0.4, 0.5) is 5.82 Å². The zero-order chi connectivity index (χ0) is 22.6. The Morgan fingerprint density at radius 3 is 2.35 bits per heavy atom. The molecule has 3 rings (SSSR count). The number of amides is 2. The fraction of sp³-hybridized carbons (Fsp3) is 0.261. The van der Waals surface area contributed by atoms with Crippen molar-refractivity contribution < 1.29 is 14.7 Å². The third-order valence-electron chi connectivity index (χ3n) is 5.18. The molecule has 7 nitrogen and oxygen atoms in total. The van der Waals surface area contributed by atoms with Crippen molar-refractivity contribution >= 4 is 29.2 Å². The molecule has 162 valence electrons. The van der Waals surface area contributed by atoms with Gasteiger partial charge in [-0.1, -0.05) is 67.9 Å². The highest BCUT2D eigenvalue weighted by molar-refractivity contribution is 6.30. The number of hydrogen-bond donors (Lipinski definition) is 4. The van der Waals surface area contributed by atoms with Gasteiger partial charge in [0.05, 0.1) is 0 Å². The number of benzene rings is 2. The molecule has 0 aliphatic carbocycles. The minimum Gasteiger partial charge on any atom is -0.378 e. The Hall–Kier alpha value is -3.16. The fourth-order valence-electron chi connectivity index (χ4n) is 3.11. The fourth-order valence-corrected chi connectivity index (χ4v) is 3.23. The van der Waals surface area contributed by atoms with Gasteiger partial charge in [0.2, 0.25) is 5.91 Å². The summed E-state index contributed by atoms with van der Waals surface area (Å²) in [7, 11) is 0.